The molecule has 4 heteroatoms. The van der Waals surface area contributed by atoms with Crippen molar-refractivity contribution in [3.63, 3.8) is 0 Å². The van der Waals surface area contributed by atoms with E-state index in [1.807, 2.05) is 11.8 Å². The van der Waals surface area contributed by atoms with Crippen molar-refractivity contribution in [1.29, 1.82) is 0 Å². The van der Waals surface area contributed by atoms with Crippen molar-refractivity contribution in [1.82, 2.24) is 0 Å². The highest BCUT2D eigenvalue weighted by atomic mass is 32.2. The van der Waals surface area contributed by atoms with Gasteiger partial charge in [0.1, 0.15) is 0 Å². The number of unbranched alkanes of at least 4 members (excludes halogenated alkanes) is 1. The van der Waals surface area contributed by atoms with Crippen LogP contribution in [-0.2, 0) is 9.16 Å². The molecule has 0 radical (unpaired) electrons. The van der Waals surface area contributed by atoms with E-state index in [-0.39, 0.29) is 6.10 Å². The fourth-order valence-corrected chi connectivity index (χ4v) is 13.9. The van der Waals surface area contributed by atoms with Crippen LogP contribution in [0.25, 0.3) is 0 Å². The Hall–Kier alpha value is -1.85. The third-order valence-electron chi connectivity index (χ3n) is 10.3. The second kappa shape index (κ2) is 22.9. The number of benzene rings is 1. The third kappa shape index (κ3) is 15.5. The molecule has 2 atom stereocenters. The Morgan fingerprint density at radius 3 is 1.96 bits per heavy atom. The van der Waals surface area contributed by atoms with Crippen molar-refractivity contribution in [2.45, 2.75) is 167 Å². The Morgan fingerprint density at radius 1 is 0.837 bits per heavy atom. The van der Waals surface area contributed by atoms with Crippen molar-refractivity contribution in [3.05, 3.63) is 101 Å². The highest BCUT2D eigenvalue weighted by molar-refractivity contribution is 8.00. The third-order valence-corrected chi connectivity index (χ3v) is 17.7. The summed E-state index contributed by atoms with van der Waals surface area (Å²) in [4.78, 5) is 1.33. The van der Waals surface area contributed by atoms with Crippen LogP contribution < -0.4 is 0 Å². The Balaban J connectivity index is 1.94. The molecule has 1 heterocycles. The monoisotopic (exact) mass is 705 g/mol. The van der Waals surface area contributed by atoms with Crippen LogP contribution in [0.2, 0.25) is 16.6 Å². The molecule has 1 saturated heterocycles. The normalized spacial score (nSPS) is 18.1. The first kappa shape index (κ1) is 43.3. The molecule has 1 aliphatic heterocycles. The van der Waals surface area contributed by atoms with Crippen LogP contribution >= 0.6 is 11.8 Å². The van der Waals surface area contributed by atoms with Gasteiger partial charge in [0.2, 0.25) is 8.32 Å². The van der Waals surface area contributed by atoms with Gasteiger partial charge in [0.15, 0.2) is 0 Å². The first-order valence-electron chi connectivity index (χ1n) is 19.2. The zero-order valence-electron chi connectivity index (χ0n) is 33.4. The van der Waals surface area contributed by atoms with Crippen LogP contribution in [0.1, 0.15) is 134 Å². The van der Waals surface area contributed by atoms with E-state index in [0.29, 0.717) is 35.1 Å². The highest BCUT2D eigenvalue weighted by Crippen LogP contribution is 2.42. The molecule has 1 aromatic rings. The minimum Gasteiger partial charge on any atom is -0.412 e. The Bertz CT molecular complexity index is 1240. The number of allylic oxidation sites excluding steroid dienone is 8. The molecule has 0 N–H and O–H groups in total. The van der Waals surface area contributed by atoms with Crippen molar-refractivity contribution in [2.24, 2.45) is 0 Å². The van der Waals surface area contributed by atoms with Crippen LogP contribution in [0.3, 0.4) is 0 Å². The van der Waals surface area contributed by atoms with E-state index >= 15 is 0 Å². The van der Waals surface area contributed by atoms with Crippen molar-refractivity contribution in [2.75, 3.05) is 13.2 Å². The SMILES string of the molecule is C=C(CO[Si](C(C)C)(C(C)C)C(C)C)[C@H]1CC/C(=C/CC(Sc2ccccc2)/C(C)=C/CC/C=C(\C)CC/C=C(\C)CCC=C(C)C)CO1. The zero-order chi connectivity index (χ0) is 36.4. The predicted octanol–water partition coefficient (Wildman–Crippen LogP) is 14.5. The molecular formula is C45H72O2SSi. The van der Waals surface area contributed by atoms with Gasteiger partial charge in [0, 0.05) is 10.1 Å². The maximum absolute atomic E-state index is 6.84. The molecule has 0 aromatic heterocycles. The molecule has 2 rings (SSSR count). The second-order valence-electron chi connectivity index (χ2n) is 15.6. The minimum atomic E-state index is -1.91. The smallest absolute Gasteiger partial charge is 0.200 e. The summed E-state index contributed by atoms with van der Waals surface area (Å²) in [5.74, 6) is 0. The fraction of sp³-hybridized carbons (Fsp3) is 0.600. The molecule has 2 nitrogen and oxygen atoms in total. The molecular weight excluding hydrogens is 633 g/mol. The first-order valence-corrected chi connectivity index (χ1v) is 22.2. The summed E-state index contributed by atoms with van der Waals surface area (Å²) in [5.41, 5.74) is 10.2. The lowest BCUT2D eigenvalue weighted by Crippen LogP contribution is -2.48. The second-order valence-corrected chi connectivity index (χ2v) is 22.3. The van der Waals surface area contributed by atoms with Gasteiger partial charge in [-0.05, 0) is 132 Å². The summed E-state index contributed by atoms with van der Waals surface area (Å²) < 4.78 is 13.3. The van der Waals surface area contributed by atoms with Gasteiger partial charge in [-0.1, -0.05) is 119 Å². The minimum absolute atomic E-state index is 0.0931. The van der Waals surface area contributed by atoms with E-state index in [1.165, 1.54) is 39.2 Å². The lowest BCUT2D eigenvalue weighted by atomic mass is 9.98. The molecule has 0 amide bonds. The van der Waals surface area contributed by atoms with Gasteiger partial charge < -0.3 is 9.16 Å². The van der Waals surface area contributed by atoms with Crippen molar-refractivity contribution >= 4 is 20.1 Å². The number of hydrogen-bond donors (Lipinski definition) is 0. The van der Waals surface area contributed by atoms with Gasteiger partial charge in [0.25, 0.3) is 0 Å². The summed E-state index contributed by atoms with van der Waals surface area (Å²) in [6.07, 6.45) is 22.2. The van der Waals surface area contributed by atoms with E-state index in [4.69, 9.17) is 9.16 Å². The quantitative estimate of drug-likeness (QED) is 0.0549. The van der Waals surface area contributed by atoms with E-state index in [9.17, 15) is 0 Å². The van der Waals surface area contributed by atoms with E-state index in [2.05, 4.69) is 143 Å². The lowest BCUT2D eigenvalue weighted by Gasteiger charge is -2.42. The molecule has 1 aliphatic rings. The molecule has 0 spiro atoms. The van der Waals surface area contributed by atoms with E-state index in [0.717, 1.165) is 56.9 Å². The lowest BCUT2D eigenvalue weighted by molar-refractivity contribution is 0.0603. The van der Waals surface area contributed by atoms with Gasteiger partial charge >= 0.3 is 0 Å². The molecule has 0 saturated carbocycles. The number of rotatable bonds is 21. The molecule has 1 aromatic carbocycles. The fourth-order valence-electron chi connectivity index (χ4n) is 7.35. The van der Waals surface area contributed by atoms with E-state index in [1.54, 1.807) is 0 Å². The molecule has 0 bridgehead atoms. The Labute approximate surface area is 308 Å². The van der Waals surface area contributed by atoms with E-state index < -0.39 is 8.32 Å². The highest BCUT2D eigenvalue weighted by Gasteiger charge is 2.45. The van der Waals surface area contributed by atoms with Crippen molar-refractivity contribution < 1.29 is 9.16 Å². The number of hydrogen-bond acceptors (Lipinski definition) is 3. The van der Waals surface area contributed by atoms with Crippen LogP contribution in [0.15, 0.2) is 106 Å². The summed E-state index contributed by atoms with van der Waals surface area (Å²) in [5, 5.41) is 0.418. The maximum atomic E-state index is 6.84. The summed E-state index contributed by atoms with van der Waals surface area (Å²) in [6, 6.07) is 10.9. The molecule has 1 unspecified atom stereocenters. The Kier molecular flexibility index (Phi) is 20.2. The molecule has 0 aliphatic carbocycles. The molecule has 274 valence electrons. The van der Waals surface area contributed by atoms with Crippen LogP contribution in [0, 0.1) is 0 Å². The average Bonchev–Trinajstić information content (AvgIpc) is 3.05. The molecule has 1 fully saturated rings. The van der Waals surface area contributed by atoms with Crippen LogP contribution in [0.5, 0.6) is 0 Å². The van der Waals surface area contributed by atoms with Gasteiger partial charge in [-0.25, -0.2) is 0 Å². The Morgan fingerprint density at radius 2 is 1.41 bits per heavy atom. The van der Waals surface area contributed by atoms with Gasteiger partial charge in [-0.2, -0.15) is 0 Å². The van der Waals surface area contributed by atoms with Crippen LogP contribution in [-0.4, -0.2) is 32.9 Å². The summed E-state index contributed by atoms with van der Waals surface area (Å²) in [7, 11) is -1.91. The topological polar surface area (TPSA) is 18.5 Å². The van der Waals surface area contributed by atoms with Gasteiger partial charge in [0.05, 0.1) is 19.3 Å². The largest absolute Gasteiger partial charge is 0.412 e. The van der Waals surface area contributed by atoms with Crippen molar-refractivity contribution in [3.8, 4) is 0 Å². The average molecular weight is 705 g/mol. The van der Waals surface area contributed by atoms with Crippen LogP contribution in [0.4, 0.5) is 0 Å². The maximum Gasteiger partial charge on any atom is 0.200 e. The zero-order valence-corrected chi connectivity index (χ0v) is 35.2. The number of thioether (sulfide) groups is 1. The predicted molar refractivity (Wildman–Crippen MR) is 222 cm³/mol. The number of ether oxygens (including phenoxy) is 1. The standard InChI is InChI=1S/C45H72O2SSi/c1-34(2)20-18-22-39(10)24-19-23-38(9)21-16-17-25-40(11)45(48-43-26-14-13-15-27-43)31-29-42-28-30-44(46-33-42)41(12)32-47-49(35(3)4,36(5)6)37(7)8/h13-15,20-21,24-27,29,35-37,44-45H,12,16-19,22-23,28,30-33H2,1-11H3/b38-21+,39-24+,40-25+,42-29-/t44-,45?/m1/s1. The van der Waals surface area contributed by atoms with Gasteiger partial charge in [-0.3, -0.25) is 0 Å². The van der Waals surface area contributed by atoms with Gasteiger partial charge in [-0.15, -0.1) is 11.8 Å². The molecule has 49 heavy (non-hydrogen) atoms. The first-order chi connectivity index (χ1) is 23.3. The summed E-state index contributed by atoms with van der Waals surface area (Å²) >= 11 is 1.99. The summed E-state index contributed by atoms with van der Waals surface area (Å²) in [6.45, 7) is 31.1.